The summed E-state index contributed by atoms with van der Waals surface area (Å²) in [6, 6.07) is 11.6. The van der Waals surface area contributed by atoms with Crippen molar-refractivity contribution in [2.45, 2.75) is 4.90 Å². The zero-order chi connectivity index (χ0) is 15.5. The highest BCUT2D eigenvalue weighted by Gasteiger charge is 2.22. The first kappa shape index (κ1) is 15.2. The highest BCUT2D eigenvalue weighted by atomic mass is 35.5. The largest absolute Gasteiger partial charge is 0.298 e. The lowest BCUT2D eigenvalue weighted by Gasteiger charge is -2.09. The van der Waals surface area contributed by atoms with Crippen molar-refractivity contribution in [3.63, 3.8) is 0 Å². The van der Waals surface area contributed by atoms with Crippen LogP contribution in [0.3, 0.4) is 0 Å². The molecule has 7 heteroatoms. The van der Waals surface area contributed by atoms with Crippen LogP contribution in [0.15, 0.2) is 53.4 Å². The number of benzene rings is 2. The minimum absolute atomic E-state index is 0.00136. The van der Waals surface area contributed by atoms with Crippen LogP contribution in [-0.4, -0.2) is 20.6 Å². The van der Waals surface area contributed by atoms with Crippen LogP contribution in [0.4, 0.5) is 0 Å². The van der Waals surface area contributed by atoms with E-state index in [0.717, 1.165) is 0 Å². The minimum atomic E-state index is -4.11. The minimum Gasteiger partial charge on any atom is -0.298 e. The summed E-state index contributed by atoms with van der Waals surface area (Å²) in [7, 11) is -4.11. The molecule has 108 valence electrons. The molecule has 5 nitrogen and oxygen atoms in total. The van der Waals surface area contributed by atoms with E-state index in [1.54, 1.807) is 12.1 Å². The van der Waals surface area contributed by atoms with Crippen LogP contribution in [-0.2, 0) is 10.0 Å². The Bertz CT molecular complexity index is 802. The van der Waals surface area contributed by atoms with E-state index in [2.05, 4.69) is 0 Å². The van der Waals surface area contributed by atoms with Crippen molar-refractivity contribution >= 4 is 33.8 Å². The van der Waals surface area contributed by atoms with E-state index in [4.69, 9.17) is 11.6 Å². The van der Waals surface area contributed by atoms with Gasteiger partial charge in [0.05, 0.1) is 10.6 Å². The fourth-order valence-electron chi connectivity index (χ4n) is 1.70. The Hall–Kier alpha value is -2.18. The van der Waals surface area contributed by atoms with Crippen molar-refractivity contribution in [1.82, 2.24) is 4.72 Å². The average Bonchev–Trinajstić information content (AvgIpc) is 2.47. The summed E-state index contributed by atoms with van der Waals surface area (Å²) in [6.07, 6.45) is 0.483. The van der Waals surface area contributed by atoms with Gasteiger partial charge in [-0.2, -0.15) is 0 Å². The number of nitrogens with one attached hydrogen (secondary N) is 1. The van der Waals surface area contributed by atoms with Crippen LogP contribution >= 0.6 is 11.6 Å². The molecular weight excluding hydrogens is 314 g/mol. The maximum absolute atomic E-state index is 12.1. The number of rotatable bonds is 4. The number of hydrogen-bond donors (Lipinski definition) is 1. The summed E-state index contributed by atoms with van der Waals surface area (Å²) in [5.74, 6) is -0.891. The first-order valence-corrected chi connectivity index (χ1v) is 7.67. The van der Waals surface area contributed by atoms with Gasteiger partial charge in [-0.25, -0.2) is 13.1 Å². The number of halogens is 1. The van der Waals surface area contributed by atoms with Crippen LogP contribution in [0, 0.1) is 0 Å². The third kappa shape index (κ3) is 3.29. The maximum atomic E-state index is 12.1. The SMILES string of the molecule is O=Cc1ccccc1C(=O)NS(=O)(=O)c1ccccc1Cl. The zero-order valence-corrected chi connectivity index (χ0v) is 12.2. The van der Waals surface area contributed by atoms with Crippen molar-refractivity contribution in [3.05, 3.63) is 64.7 Å². The zero-order valence-electron chi connectivity index (χ0n) is 10.6. The molecule has 1 amide bonds. The predicted molar refractivity (Wildman–Crippen MR) is 77.9 cm³/mol. The van der Waals surface area contributed by atoms with Gasteiger partial charge in [-0.3, -0.25) is 9.59 Å². The van der Waals surface area contributed by atoms with Gasteiger partial charge < -0.3 is 0 Å². The number of sulfonamides is 1. The molecule has 0 radical (unpaired) electrons. The van der Waals surface area contributed by atoms with E-state index in [-0.39, 0.29) is 21.0 Å². The molecule has 0 saturated carbocycles. The number of carbonyl (C=O) groups is 2. The van der Waals surface area contributed by atoms with Gasteiger partial charge in [0.15, 0.2) is 6.29 Å². The molecule has 0 unspecified atom stereocenters. The molecule has 2 rings (SSSR count). The highest BCUT2D eigenvalue weighted by Crippen LogP contribution is 2.20. The normalized spacial score (nSPS) is 10.9. The van der Waals surface area contributed by atoms with Crippen LogP contribution in [0.25, 0.3) is 0 Å². The molecule has 0 atom stereocenters. The summed E-state index contributed by atoms with van der Waals surface area (Å²) in [6.45, 7) is 0. The topological polar surface area (TPSA) is 80.3 Å². The smallest absolute Gasteiger partial charge is 0.265 e. The van der Waals surface area contributed by atoms with Crippen molar-refractivity contribution in [1.29, 1.82) is 0 Å². The fraction of sp³-hybridized carbons (Fsp3) is 0. The standard InChI is InChI=1S/C14H10ClNO4S/c15-12-7-3-4-8-13(12)21(19,20)16-14(18)11-6-2-1-5-10(11)9-17/h1-9H,(H,16,18). The molecule has 0 spiro atoms. The summed E-state index contributed by atoms with van der Waals surface area (Å²) in [5, 5.41) is 0.00136. The first-order valence-electron chi connectivity index (χ1n) is 5.81. The monoisotopic (exact) mass is 323 g/mol. The molecule has 0 aromatic heterocycles. The van der Waals surface area contributed by atoms with E-state index < -0.39 is 15.9 Å². The second kappa shape index (κ2) is 6.07. The lowest BCUT2D eigenvalue weighted by Crippen LogP contribution is -2.31. The summed E-state index contributed by atoms with van der Waals surface area (Å²) < 4.78 is 26.2. The van der Waals surface area contributed by atoms with E-state index in [9.17, 15) is 18.0 Å². The van der Waals surface area contributed by atoms with Gasteiger partial charge in [-0.1, -0.05) is 41.9 Å². The van der Waals surface area contributed by atoms with Crippen LogP contribution in [0.2, 0.25) is 5.02 Å². The molecule has 0 saturated heterocycles. The van der Waals surface area contributed by atoms with Gasteiger partial charge in [0.2, 0.25) is 0 Å². The average molecular weight is 324 g/mol. The van der Waals surface area contributed by atoms with E-state index in [1.807, 2.05) is 4.72 Å². The summed E-state index contributed by atoms with van der Waals surface area (Å²) in [5.41, 5.74) is 0.0764. The van der Waals surface area contributed by atoms with Gasteiger partial charge in [0, 0.05) is 5.56 Å². The Morgan fingerprint density at radius 2 is 1.67 bits per heavy atom. The van der Waals surface area contributed by atoms with Gasteiger partial charge in [0.25, 0.3) is 15.9 Å². The third-order valence-electron chi connectivity index (χ3n) is 2.69. The maximum Gasteiger partial charge on any atom is 0.265 e. The Morgan fingerprint density at radius 3 is 2.33 bits per heavy atom. The molecule has 0 aliphatic rings. The lowest BCUT2D eigenvalue weighted by molar-refractivity contribution is 0.0975. The molecule has 2 aromatic rings. The van der Waals surface area contributed by atoms with Crippen molar-refractivity contribution < 1.29 is 18.0 Å². The van der Waals surface area contributed by atoms with Crippen LogP contribution < -0.4 is 4.72 Å². The number of carbonyl (C=O) groups excluding carboxylic acids is 2. The van der Waals surface area contributed by atoms with Crippen LogP contribution in [0.5, 0.6) is 0 Å². The molecule has 2 aromatic carbocycles. The molecule has 0 aliphatic carbocycles. The van der Waals surface area contributed by atoms with Crippen molar-refractivity contribution in [2.75, 3.05) is 0 Å². The van der Waals surface area contributed by atoms with Crippen molar-refractivity contribution in [2.24, 2.45) is 0 Å². The van der Waals surface area contributed by atoms with Gasteiger partial charge in [-0.15, -0.1) is 0 Å². The lowest BCUT2D eigenvalue weighted by atomic mass is 10.1. The van der Waals surface area contributed by atoms with Gasteiger partial charge >= 0.3 is 0 Å². The second-order valence-electron chi connectivity index (χ2n) is 4.07. The molecular formula is C14H10ClNO4S. The molecule has 0 heterocycles. The highest BCUT2D eigenvalue weighted by molar-refractivity contribution is 7.90. The van der Waals surface area contributed by atoms with Crippen molar-refractivity contribution in [3.8, 4) is 0 Å². The first-order chi connectivity index (χ1) is 9.95. The second-order valence-corrected chi connectivity index (χ2v) is 6.13. The Balaban J connectivity index is 2.35. The number of hydrogen-bond acceptors (Lipinski definition) is 4. The van der Waals surface area contributed by atoms with E-state index >= 15 is 0 Å². The molecule has 21 heavy (non-hydrogen) atoms. The third-order valence-corrected chi connectivity index (χ3v) is 4.52. The van der Waals surface area contributed by atoms with E-state index in [0.29, 0.717) is 6.29 Å². The Labute approximate surface area is 126 Å². The predicted octanol–water partition coefficient (Wildman–Crippen LogP) is 2.27. The quantitative estimate of drug-likeness (QED) is 0.875. The summed E-state index contributed by atoms with van der Waals surface area (Å²) >= 11 is 5.81. The van der Waals surface area contributed by atoms with Gasteiger partial charge in [0.1, 0.15) is 4.90 Å². The molecule has 0 aliphatic heterocycles. The fourth-order valence-corrected chi connectivity index (χ4v) is 3.19. The van der Waals surface area contributed by atoms with Gasteiger partial charge in [-0.05, 0) is 18.2 Å². The Morgan fingerprint density at radius 1 is 1.05 bits per heavy atom. The number of amides is 1. The summed E-state index contributed by atoms with van der Waals surface area (Å²) in [4.78, 5) is 22.7. The molecule has 0 bridgehead atoms. The molecule has 1 N–H and O–H groups in total. The number of aldehydes is 1. The van der Waals surface area contributed by atoms with E-state index in [1.165, 1.54) is 36.4 Å². The van der Waals surface area contributed by atoms with Crippen LogP contribution in [0.1, 0.15) is 20.7 Å². The Kier molecular flexibility index (Phi) is 4.40. The molecule has 0 fully saturated rings.